The molecule has 0 N–H and O–H groups in total. The molecule has 1 spiro atoms. The van der Waals surface area contributed by atoms with Gasteiger partial charge in [-0.1, -0.05) is 109 Å². The molecule has 0 unspecified atom stereocenters. The molecule has 0 aliphatic heterocycles. The van der Waals surface area contributed by atoms with Crippen LogP contribution in [0.15, 0.2) is 22.1 Å². The van der Waals surface area contributed by atoms with Gasteiger partial charge in [0.2, 0.25) is 0 Å². The van der Waals surface area contributed by atoms with Crippen LogP contribution in [0.4, 0.5) is 0 Å². The normalized spacial score (nSPS) is 34.6. The summed E-state index contributed by atoms with van der Waals surface area (Å²) in [6.45, 7) is 43.6. The van der Waals surface area contributed by atoms with Crippen LogP contribution in [-0.2, 0) is 20.1 Å². The van der Waals surface area contributed by atoms with E-state index in [2.05, 4.69) is 135 Å². The monoisotopic (exact) mass is 783 g/mol. The van der Waals surface area contributed by atoms with Gasteiger partial charge in [0.05, 0.1) is 17.6 Å². The third-order valence-electron chi connectivity index (χ3n) is 18.0. The van der Waals surface area contributed by atoms with E-state index in [0.29, 0.717) is 30.5 Å². The third-order valence-corrected chi connectivity index (χ3v) is 32.5. The largest absolute Gasteiger partial charge is 0.471 e. The summed E-state index contributed by atoms with van der Waals surface area (Å²) < 4.78 is 21.9. The molecule has 1 heterocycles. The summed E-state index contributed by atoms with van der Waals surface area (Å²) in [5.41, 5.74) is 2.34. The Hall–Kier alpha value is -0.739. The fourth-order valence-corrected chi connectivity index (χ4v) is 19.0. The lowest BCUT2D eigenvalue weighted by atomic mass is 9.42. The highest BCUT2D eigenvalue weighted by Gasteiger charge is 2.74. The fraction of sp³-hybridized carbons (Fsp3) is 0.848. The zero-order valence-corrected chi connectivity index (χ0v) is 40.9. The zero-order valence-electron chi connectivity index (χ0n) is 37.9. The number of hydrogen-bond acceptors (Lipinski definition) is 4. The Balaban J connectivity index is 1.57. The number of aryl methyl sites for hydroxylation is 1. The Morgan fingerprint density at radius 1 is 0.811 bits per heavy atom. The predicted molar refractivity (Wildman–Crippen MR) is 233 cm³/mol. The smallest absolute Gasteiger partial charge is 0.192 e. The lowest BCUT2D eigenvalue weighted by molar-refractivity contribution is -0.190. The summed E-state index contributed by atoms with van der Waals surface area (Å²) in [6, 6.07) is 5.78. The number of carbonyl (C=O) groups is 1. The molecule has 5 rings (SSSR count). The number of rotatable bonds is 10. The SMILES string of the molecule is CC[Si](CC)(CC)O[C@@H]1CC[C@@]2(C)/C(=C/Cc3cc(C)c([Si](C)(C)C(C)(C)C)o3)C(=O)C[C@@H]2[C@]12CC[C@H]1C(C)(C)[C@@H](O[Si](C)(C)C(C)(C)C)CC[C@@]12C. The highest BCUT2D eigenvalue weighted by Crippen LogP contribution is 2.77. The summed E-state index contributed by atoms with van der Waals surface area (Å²) in [4.78, 5) is 14.6. The van der Waals surface area contributed by atoms with Crippen LogP contribution in [0, 0.1) is 40.4 Å². The molecule has 4 fully saturated rings. The first kappa shape index (κ1) is 43.4. The molecule has 0 bridgehead atoms. The highest BCUT2D eigenvalue weighted by molar-refractivity contribution is 6.91. The maximum atomic E-state index is 14.6. The van der Waals surface area contributed by atoms with Crippen molar-refractivity contribution in [1.29, 1.82) is 0 Å². The van der Waals surface area contributed by atoms with Gasteiger partial charge in [0, 0.05) is 18.3 Å². The van der Waals surface area contributed by atoms with Crippen molar-refractivity contribution < 1.29 is 18.1 Å². The molecule has 7 atom stereocenters. The molecule has 4 saturated carbocycles. The van der Waals surface area contributed by atoms with E-state index in [4.69, 9.17) is 13.3 Å². The minimum absolute atomic E-state index is 0.0241. The van der Waals surface area contributed by atoms with Gasteiger partial charge in [0.1, 0.15) is 13.8 Å². The van der Waals surface area contributed by atoms with Crippen molar-refractivity contribution in [3.63, 3.8) is 0 Å². The van der Waals surface area contributed by atoms with Crippen molar-refractivity contribution in [1.82, 2.24) is 0 Å². The van der Waals surface area contributed by atoms with Gasteiger partial charge >= 0.3 is 0 Å². The van der Waals surface area contributed by atoms with Crippen molar-refractivity contribution in [2.75, 3.05) is 0 Å². The van der Waals surface area contributed by atoms with Gasteiger partial charge in [-0.2, -0.15) is 0 Å². The van der Waals surface area contributed by atoms with Gasteiger partial charge in [0.25, 0.3) is 0 Å². The first-order valence-electron chi connectivity index (χ1n) is 21.8. The average Bonchev–Trinajstić information content (AvgIpc) is 3.66. The van der Waals surface area contributed by atoms with E-state index in [9.17, 15) is 4.79 Å². The van der Waals surface area contributed by atoms with Crippen LogP contribution < -0.4 is 5.38 Å². The van der Waals surface area contributed by atoms with E-state index >= 15 is 0 Å². The minimum Gasteiger partial charge on any atom is -0.471 e. The van der Waals surface area contributed by atoms with Crippen LogP contribution in [0.3, 0.4) is 0 Å². The minimum atomic E-state index is -1.95. The summed E-state index contributed by atoms with van der Waals surface area (Å²) in [7, 11) is -5.67. The number of furan rings is 1. The van der Waals surface area contributed by atoms with Crippen LogP contribution >= 0.6 is 0 Å². The van der Waals surface area contributed by atoms with Crippen molar-refractivity contribution in [3.8, 4) is 0 Å². The molecule has 7 heteroatoms. The van der Waals surface area contributed by atoms with Gasteiger partial charge in [-0.05, 0) is 132 Å². The number of allylic oxidation sites excluding steroid dienone is 2. The lowest BCUT2D eigenvalue weighted by Crippen LogP contribution is -2.64. The first-order valence-corrected chi connectivity index (χ1v) is 30.3. The molecule has 4 nitrogen and oxygen atoms in total. The topological polar surface area (TPSA) is 48.7 Å². The van der Waals surface area contributed by atoms with Crippen molar-refractivity contribution in [2.45, 2.75) is 215 Å². The lowest BCUT2D eigenvalue weighted by Gasteiger charge is -2.65. The molecule has 0 saturated heterocycles. The van der Waals surface area contributed by atoms with Crippen LogP contribution in [0.5, 0.6) is 0 Å². The number of ketones is 1. The number of Topliss-reactive ketones (excluding diaryl/α,β-unsaturated/α-hetero) is 1. The first-order chi connectivity index (χ1) is 24.1. The van der Waals surface area contributed by atoms with Gasteiger partial charge in [-0.15, -0.1) is 0 Å². The van der Waals surface area contributed by atoms with Crippen molar-refractivity contribution in [2.24, 2.45) is 33.5 Å². The summed E-state index contributed by atoms with van der Waals surface area (Å²) in [6.07, 6.45) is 10.9. The Morgan fingerprint density at radius 3 is 1.94 bits per heavy atom. The predicted octanol–water partition coefficient (Wildman–Crippen LogP) is 13.2. The van der Waals surface area contributed by atoms with Crippen LogP contribution in [0.25, 0.3) is 0 Å². The Morgan fingerprint density at radius 2 is 1.40 bits per heavy atom. The quantitative estimate of drug-likeness (QED) is 0.175. The van der Waals surface area contributed by atoms with E-state index in [1.54, 1.807) is 0 Å². The Bertz CT molecular complexity index is 1540. The van der Waals surface area contributed by atoms with Gasteiger partial charge < -0.3 is 13.3 Å². The molecule has 0 radical (unpaired) electrons. The molecule has 4 aliphatic carbocycles. The maximum Gasteiger partial charge on any atom is 0.192 e. The van der Waals surface area contributed by atoms with Crippen molar-refractivity contribution >= 4 is 35.9 Å². The molecule has 4 aliphatic rings. The summed E-state index contributed by atoms with van der Waals surface area (Å²) >= 11 is 0. The number of carbonyl (C=O) groups excluding carboxylic acids is 1. The van der Waals surface area contributed by atoms with E-state index in [1.807, 2.05) is 0 Å². The second-order valence-electron chi connectivity index (χ2n) is 22.7. The molecular formula is C46H82O4Si3. The molecule has 1 aromatic heterocycles. The third kappa shape index (κ3) is 6.70. The molecule has 302 valence electrons. The average molecular weight is 783 g/mol. The summed E-state index contributed by atoms with van der Waals surface area (Å²) in [5.74, 6) is 2.24. The molecule has 1 aromatic rings. The zero-order chi connectivity index (χ0) is 40.0. The van der Waals surface area contributed by atoms with Crippen LogP contribution in [0.1, 0.15) is 146 Å². The Kier molecular flexibility index (Phi) is 11.4. The van der Waals surface area contributed by atoms with E-state index < -0.39 is 24.7 Å². The molecule has 0 amide bonds. The van der Waals surface area contributed by atoms with E-state index in [0.717, 1.165) is 30.6 Å². The van der Waals surface area contributed by atoms with Crippen LogP contribution in [-0.4, -0.2) is 42.7 Å². The fourth-order valence-electron chi connectivity index (χ4n) is 12.4. The van der Waals surface area contributed by atoms with Crippen LogP contribution in [0.2, 0.25) is 54.4 Å². The van der Waals surface area contributed by atoms with Crippen molar-refractivity contribution in [3.05, 3.63) is 29.0 Å². The van der Waals surface area contributed by atoms with Gasteiger partial charge in [0.15, 0.2) is 22.4 Å². The molecule has 53 heavy (non-hydrogen) atoms. The maximum absolute atomic E-state index is 14.6. The summed E-state index contributed by atoms with van der Waals surface area (Å²) in [5, 5.41) is 1.61. The standard InChI is InChI=1S/C46H82O4Si3/c1-19-53(20-2,21-3)50-39-25-27-44(13)34(23-22-33-30-32(4)40(48-33)51(15,16)41(5,6)7)35(47)31-37(44)46(39)29-24-36-43(11,12)38(26-28-45(36,46)14)49-52(17,18)42(8,9)10/h23,30,36-39H,19-22,24-29,31H2,1-18H3/b34-23+/t36-,37-,38-,39+,44-,45-,46+/m0/s1. The van der Waals surface area contributed by atoms with Gasteiger partial charge in [-0.3, -0.25) is 4.79 Å². The van der Waals surface area contributed by atoms with Gasteiger partial charge in [-0.25, -0.2) is 0 Å². The second-order valence-corrected chi connectivity index (χ2v) is 37.4. The number of fused-ring (bicyclic) bond motifs is 4. The number of hydrogen-bond donors (Lipinski definition) is 0. The van der Waals surface area contributed by atoms with E-state index in [1.165, 1.54) is 48.3 Å². The highest BCUT2D eigenvalue weighted by atomic mass is 28.4. The molecular weight excluding hydrogens is 701 g/mol. The second kappa shape index (κ2) is 14.0. The Labute approximate surface area is 330 Å². The van der Waals surface area contributed by atoms with E-state index in [-0.39, 0.29) is 43.9 Å². The molecule has 0 aromatic carbocycles.